The number of rotatable bonds is 9. The standard InChI is InChI=1S/C36H42O11/c1-21-17-29(44-24(4)39)28(19-42-22(2)37)35(20-43-23(3)38)30(45-32(40)25-13-9-7-10-14-25)18-27-31(36(21,35)47-34(27,5)6)46-33(41)26-15-11-8-12-16-26/h7-16,21,27-31H,17-20H2,1-6H3/t21-,27+,28+,29-,30-,31-,35+,36+/m0/s1. The van der Waals surface area contributed by atoms with Crippen LogP contribution < -0.4 is 0 Å². The van der Waals surface area contributed by atoms with E-state index in [0.717, 1.165) is 0 Å². The summed E-state index contributed by atoms with van der Waals surface area (Å²) in [5.41, 5.74) is -3.27. The highest BCUT2D eigenvalue weighted by Gasteiger charge is 2.81. The van der Waals surface area contributed by atoms with E-state index in [9.17, 15) is 24.0 Å². The zero-order valence-corrected chi connectivity index (χ0v) is 27.6. The van der Waals surface area contributed by atoms with Crippen LogP contribution >= 0.6 is 0 Å². The molecule has 1 heterocycles. The van der Waals surface area contributed by atoms with Crippen LogP contribution in [0.25, 0.3) is 0 Å². The Morgan fingerprint density at radius 3 is 1.83 bits per heavy atom. The Morgan fingerprint density at radius 2 is 1.30 bits per heavy atom. The average Bonchev–Trinajstić information content (AvgIpc) is 3.18. The molecule has 2 aromatic carbocycles. The number of hydrogen-bond donors (Lipinski definition) is 0. The van der Waals surface area contributed by atoms with E-state index >= 15 is 0 Å². The summed E-state index contributed by atoms with van der Waals surface area (Å²) >= 11 is 0. The van der Waals surface area contributed by atoms with Crippen molar-refractivity contribution in [3.8, 4) is 0 Å². The van der Waals surface area contributed by atoms with Crippen LogP contribution in [0.2, 0.25) is 0 Å². The van der Waals surface area contributed by atoms with Gasteiger partial charge in [-0.15, -0.1) is 0 Å². The molecule has 1 spiro atoms. The molecule has 8 atom stereocenters. The van der Waals surface area contributed by atoms with Gasteiger partial charge in [-0.1, -0.05) is 43.3 Å². The van der Waals surface area contributed by atoms with Gasteiger partial charge in [-0.25, -0.2) is 9.59 Å². The van der Waals surface area contributed by atoms with E-state index < -0.39 is 82.5 Å². The molecule has 0 amide bonds. The molecule has 47 heavy (non-hydrogen) atoms. The first-order valence-corrected chi connectivity index (χ1v) is 15.9. The third-order valence-electron chi connectivity index (χ3n) is 10.1. The van der Waals surface area contributed by atoms with E-state index in [-0.39, 0.29) is 26.1 Å². The summed E-state index contributed by atoms with van der Waals surface area (Å²) in [6.07, 6.45) is -2.43. The largest absolute Gasteiger partial charge is 0.465 e. The van der Waals surface area contributed by atoms with Crippen LogP contribution in [0.15, 0.2) is 60.7 Å². The van der Waals surface area contributed by atoms with Crippen molar-refractivity contribution in [2.24, 2.45) is 23.2 Å². The third kappa shape index (κ3) is 6.13. The molecule has 0 radical (unpaired) electrons. The summed E-state index contributed by atoms with van der Waals surface area (Å²) in [5, 5.41) is 0. The van der Waals surface area contributed by atoms with Crippen molar-refractivity contribution in [3.63, 3.8) is 0 Å². The first-order chi connectivity index (χ1) is 22.2. The fourth-order valence-corrected chi connectivity index (χ4v) is 8.27. The lowest BCUT2D eigenvalue weighted by Crippen LogP contribution is -2.77. The molecule has 1 saturated heterocycles. The third-order valence-corrected chi connectivity index (χ3v) is 10.1. The van der Waals surface area contributed by atoms with E-state index in [1.807, 2.05) is 20.8 Å². The molecule has 3 fully saturated rings. The van der Waals surface area contributed by atoms with Gasteiger partial charge in [0.25, 0.3) is 0 Å². The fraction of sp³-hybridized carbons (Fsp3) is 0.528. The van der Waals surface area contributed by atoms with E-state index in [2.05, 4.69) is 0 Å². The molecule has 1 aliphatic heterocycles. The van der Waals surface area contributed by atoms with Gasteiger partial charge in [-0.2, -0.15) is 0 Å². The van der Waals surface area contributed by atoms with E-state index in [1.165, 1.54) is 20.8 Å². The van der Waals surface area contributed by atoms with Crippen LogP contribution in [0.1, 0.15) is 75.1 Å². The van der Waals surface area contributed by atoms with Crippen molar-refractivity contribution in [1.29, 1.82) is 0 Å². The maximum atomic E-state index is 13.8. The number of esters is 5. The van der Waals surface area contributed by atoms with Gasteiger partial charge in [0.05, 0.1) is 28.7 Å². The molecule has 252 valence electrons. The lowest BCUT2D eigenvalue weighted by atomic mass is 9.45. The topological polar surface area (TPSA) is 141 Å². The number of ether oxygens (including phenoxy) is 6. The predicted molar refractivity (Wildman–Crippen MR) is 166 cm³/mol. The van der Waals surface area contributed by atoms with Crippen molar-refractivity contribution in [1.82, 2.24) is 0 Å². The molecular formula is C36H42O11. The average molecular weight is 651 g/mol. The second-order valence-electron chi connectivity index (χ2n) is 13.3. The van der Waals surface area contributed by atoms with Crippen LogP contribution in [-0.4, -0.2) is 72.6 Å². The number of carbonyl (C=O) groups is 5. The molecular weight excluding hydrogens is 608 g/mol. The number of benzene rings is 2. The van der Waals surface area contributed by atoms with E-state index in [0.29, 0.717) is 11.1 Å². The maximum Gasteiger partial charge on any atom is 0.338 e. The Bertz CT molecular complexity index is 1510. The zero-order valence-electron chi connectivity index (χ0n) is 27.6. The second-order valence-corrected chi connectivity index (χ2v) is 13.3. The molecule has 2 aromatic rings. The highest BCUT2D eigenvalue weighted by Crippen LogP contribution is 2.69. The van der Waals surface area contributed by atoms with Gasteiger partial charge < -0.3 is 28.4 Å². The highest BCUT2D eigenvalue weighted by atomic mass is 16.6. The van der Waals surface area contributed by atoms with Crippen LogP contribution in [0.4, 0.5) is 0 Å². The Hall–Kier alpha value is -4.25. The number of carbonyl (C=O) groups excluding carboxylic acids is 5. The lowest BCUT2D eigenvalue weighted by Gasteiger charge is -2.64. The summed E-state index contributed by atoms with van der Waals surface area (Å²) in [7, 11) is 0. The van der Waals surface area contributed by atoms with Gasteiger partial charge in [0, 0.05) is 32.6 Å². The minimum Gasteiger partial charge on any atom is -0.465 e. The lowest BCUT2D eigenvalue weighted by molar-refractivity contribution is -0.307. The van der Waals surface area contributed by atoms with Gasteiger partial charge in [-0.3, -0.25) is 14.4 Å². The second kappa shape index (κ2) is 13.1. The van der Waals surface area contributed by atoms with Crippen molar-refractivity contribution in [2.75, 3.05) is 13.2 Å². The number of fused-ring (bicyclic) bond motifs is 1. The van der Waals surface area contributed by atoms with Gasteiger partial charge in [0.1, 0.15) is 30.5 Å². The number of hydrogen-bond acceptors (Lipinski definition) is 11. The summed E-state index contributed by atoms with van der Waals surface area (Å²) in [6.45, 7) is 8.80. The van der Waals surface area contributed by atoms with Gasteiger partial charge in [0.2, 0.25) is 0 Å². The summed E-state index contributed by atoms with van der Waals surface area (Å²) in [6, 6.07) is 17.0. The molecule has 2 saturated carbocycles. The van der Waals surface area contributed by atoms with Crippen LogP contribution in [-0.2, 0) is 42.8 Å². The summed E-state index contributed by atoms with van der Waals surface area (Å²) in [5.74, 6) is -4.87. The molecule has 0 aromatic heterocycles. The molecule has 3 aliphatic rings. The first-order valence-electron chi connectivity index (χ1n) is 15.9. The monoisotopic (exact) mass is 650 g/mol. The molecule has 0 N–H and O–H groups in total. The molecule has 5 rings (SSSR count). The van der Waals surface area contributed by atoms with E-state index in [4.69, 9.17) is 28.4 Å². The van der Waals surface area contributed by atoms with E-state index in [1.54, 1.807) is 60.7 Å². The van der Waals surface area contributed by atoms with Crippen LogP contribution in [0.5, 0.6) is 0 Å². The Labute approximate surface area is 274 Å². The van der Waals surface area contributed by atoms with Gasteiger partial charge in [0.15, 0.2) is 0 Å². The molecule has 11 nitrogen and oxygen atoms in total. The van der Waals surface area contributed by atoms with Crippen LogP contribution in [0.3, 0.4) is 0 Å². The van der Waals surface area contributed by atoms with Gasteiger partial charge >= 0.3 is 29.8 Å². The summed E-state index contributed by atoms with van der Waals surface area (Å²) < 4.78 is 37.3. The zero-order chi connectivity index (χ0) is 34.1. The highest BCUT2D eigenvalue weighted by molar-refractivity contribution is 5.90. The quantitative estimate of drug-likeness (QED) is 0.275. The van der Waals surface area contributed by atoms with Gasteiger partial charge in [-0.05, 0) is 56.9 Å². The first kappa shape index (κ1) is 34.1. The van der Waals surface area contributed by atoms with Crippen molar-refractivity contribution in [2.45, 2.75) is 83.9 Å². The Kier molecular flexibility index (Phi) is 9.50. The molecule has 0 unspecified atom stereocenters. The van der Waals surface area contributed by atoms with Crippen molar-refractivity contribution < 1.29 is 52.4 Å². The minimum absolute atomic E-state index is 0.136. The molecule has 11 heteroatoms. The molecule has 2 aliphatic carbocycles. The predicted octanol–water partition coefficient (Wildman–Crippen LogP) is 4.71. The SMILES string of the molecule is CC(=O)OC[C@@H]1[C@@H](OC(C)=O)C[C@H](C)[C@]23OC(C)(C)[C@H](C[C@H](OC(=O)c4ccccc4)[C@@]12COC(C)=O)[C@@H]3OC(=O)c1ccccc1. The Balaban J connectivity index is 1.75. The van der Waals surface area contributed by atoms with Crippen molar-refractivity contribution >= 4 is 29.8 Å². The summed E-state index contributed by atoms with van der Waals surface area (Å²) in [4.78, 5) is 64.9. The Morgan fingerprint density at radius 1 is 0.745 bits per heavy atom. The minimum atomic E-state index is -1.53. The van der Waals surface area contributed by atoms with Crippen molar-refractivity contribution in [3.05, 3.63) is 71.8 Å². The maximum absolute atomic E-state index is 13.8. The fourth-order valence-electron chi connectivity index (χ4n) is 8.27. The molecule has 2 bridgehead atoms. The smallest absolute Gasteiger partial charge is 0.338 e. The normalized spacial score (nSPS) is 31.9. The van der Waals surface area contributed by atoms with Crippen LogP contribution in [0, 0.1) is 23.2 Å².